The molecule has 19 heavy (non-hydrogen) atoms. The van der Waals surface area contributed by atoms with E-state index >= 15 is 0 Å². The van der Waals surface area contributed by atoms with E-state index in [9.17, 15) is 10.1 Å². The van der Waals surface area contributed by atoms with Crippen molar-refractivity contribution < 1.29 is 9.45 Å². The van der Waals surface area contributed by atoms with Crippen LogP contribution in [0.2, 0.25) is 0 Å². The van der Waals surface area contributed by atoms with E-state index < -0.39 is 4.92 Å². The molecule has 0 aliphatic carbocycles. The number of hydrogen-bond acceptors (Lipinski definition) is 8. The van der Waals surface area contributed by atoms with E-state index in [2.05, 4.69) is 30.3 Å². The van der Waals surface area contributed by atoms with Crippen LogP contribution in [-0.4, -0.2) is 33.6 Å². The summed E-state index contributed by atoms with van der Waals surface area (Å²) in [6.07, 6.45) is 1.79. The molecule has 2 aromatic rings. The largest absolute Gasteiger partial charge is 0.373 e. The molecule has 0 unspecified atom stereocenters. The van der Waals surface area contributed by atoms with Gasteiger partial charge in [0.15, 0.2) is 5.82 Å². The van der Waals surface area contributed by atoms with E-state index in [1.807, 2.05) is 0 Å². The lowest BCUT2D eigenvalue weighted by Gasteiger charge is -2.06. The van der Waals surface area contributed by atoms with Crippen LogP contribution in [0.5, 0.6) is 0 Å². The van der Waals surface area contributed by atoms with Crippen LogP contribution in [0.25, 0.3) is 0 Å². The predicted octanol–water partition coefficient (Wildman–Crippen LogP) is 1.07. The van der Waals surface area contributed by atoms with Crippen molar-refractivity contribution in [3.63, 3.8) is 0 Å². The first kappa shape index (κ1) is 12.7. The minimum Gasteiger partial charge on any atom is -0.373 e. The third-order valence-electron chi connectivity index (χ3n) is 2.34. The highest BCUT2D eigenvalue weighted by atomic mass is 16.6. The number of anilines is 2. The number of aromatic nitrogens is 3. The SMILES string of the molecule is CNc1cc([N+](=O)[O-])cc(NCCc2ncon2)n1. The van der Waals surface area contributed by atoms with Gasteiger partial charge < -0.3 is 15.2 Å². The zero-order chi connectivity index (χ0) is 13.7. The van der Waals surface area contributed by atoms with Crippen LogP contribution in [0, 0.1) is 10.1 Å². The highest BCUT2D eigenvalue weighted by Crippen LogP contribution is 2.20. The number of rotatable bonds is 6. The molecule has 0 radical (unpaired) electrons. The predicted molar refractivity (Wildman–Crippen MR) is 66.9 cm³/mol. The normalized spacial score (nSPS) is 10.2. The first-order valence-electron chi connectivity index (χ1n) is 5.52. The summed E-state index contributed by atoms with van der Waals surface area (Å²) in [4.78, 5) is 18.3. The molecule has 9 heteroatoms. The molecule has 0 saturated carbocycles. The van der Waals surface area contributed by atoms with Gasteiger partial charge in [-0.15, -0.1) is 0 Å². The molecule has 2 N–H and O–H groups in total. The van der Waals surface area contributed by atoms with Gasteiger partial charge >= 0.3 is 0 Å². The monoisotopic (exact) mass is 264 g/mol. The van der Waals surface area contributed by atoms with Gasteiger partial charge in [0.05, 0.1) is 17.1 Å². The molecule has 0 saturated heterocycles. The molecule has 0 fully saturated rings. The van der Waals surface area contributed by atoms with Crippen LogP contribution >= 0.6 is 0 Å². The van der Waals surface area contributed by atoms with E-state index in [-0.39, 0.29) is 5.69 Å². The van der Waals surface area contributed by atoms with Gasteiger partial charge in [0.25, 0.3) is 5.69 Å². The van der Waals surface area contributed by atoms with Gasteiger partial charge in [0.2, 0.25) is 6.39 Å². The smallest absolute Gasteiger partial charge is 0.276 e. The Bertz CT molecular complexity index is 556. The topological polar surface area (TPSA) is 119 Å². The average Bonchev–Trinajstić information content (AvgIpc) is 2.91. The molecule has 0 aromatic carbocycles. The minimum atomic E-state index is -0.465. The molecule has 0 bridgehead atoms. The molecule has 100 valence electrons. The summed E-state index contributed by atoms with van der Waals surface area (Å²) in [6.45, 7) is 0.497. The Morgan fingerprint density at radius 1 is 1.42 bits per heavy atom. The Balaban J connectivity index is 2.02. The number of nitrogens with one attached hydrogen (secondary N) is 2. The van der Waals surface area contributed by atoms with Gasteiger partial charge in [-0.3, -0.25) is 10.1 Å². The van der Waals surface area contributed by atoms with E-state index in [0.717, 1.165) is 0 Å². The standard InChI is InChI=1S/C10H12N6O3/c1-11-9-4-7(16(17)18)5-10(14-9)12-3-2-8-13-6-19-15-8/h4-6H,2-3H2,1H3,(H2,11,12,14). The van der Waals surface area contributed by atoms with Crippen molar-refractivity contribution in [2.24, 2.45) is 0 Å². The first-order chi connectivity index (χ1) is 9.19. The Hall–Kier alpha value is -2.71. The van der Waals surface area contributed by atoms with Crippen LogP contribution < -0.4 is 10.6 Å². The summed E-state index contributed by atoms with van der Waals surface area (Å²) in [6, 6.07) is 2.74. The van der Waals surface area contributed by atoms with Crippen LogP contribution in [0.3, 0.4) is 0 Å². The summed E-state index contributed by atoms with van der Waals surface area (Å²) in [5.74, 6) is 1.41. The second-order valence-electron chi connectivity index (χ2n) is 3.63. The van der Waals surface area contributed by atoms with Crippen molar-refractivity contribution in [2.45, 2.75) is 6.42 Å². The molecular weight excluding hydrogens is 252 g/mol. The molecule has 2 rings (SSSR count). The zero-order valence-electron chi connectivity index (χ0n) is 10.2. The zero-order valence-corrected chi connectivity index (χ0v) is 10.2. The Labute approximate surface area is 108 Å². The highest BCUT2D eigenvalue weighted by Gasteiger charge is 2.10. The fourth-order valence-corrected chi connectivity index (χ4v) is 1.45. The number of nitro groups is 1. The first-order valence-corrected chi connectivity index (χ1v) is 5.52. The van der Waals surface area contributed by atoms with Gasteiger partial charge in [-0.1, -0.05) is 5.16 Å². The Morgan fingerprint density at radius 2 is 2.21 bits per heavy atom. The number of nitrogens with zero attached hydrogens (tertiary/aromatic N) is 4. The fourth-order valence-electron chi connectivity index (χ4n) is 1.45. The molecule has 0 aliphatic rings. The summed E-state index contributed by atoms with van der Waals surface area (Å²) < 4.78 is 4.60. The molecule has 0 aliphatic heterocycles. The second-order valence-corrected chi connectivity index (χ2v) is 3.63. The van der Waals surface area contributed by atoms with Crippen LogP contribution in [0.1, 0.15) is 5.82 Å². The second kappa shape index (κ2) is 5.76. The summed E-state index contributed by atoms with van der Waals surface area (Å²) >= 11 is 0. The van der Waals surface area contributed by atoms with E-state index in [1.54, 1.807) is 7.05 Å². The van der Waals surface area contributed by atoms with Crippen molar-refractivity contribution in [3.05, 3.63) is 34.5 Å². The third kappa shape index (κ3) is 3.37. The highest BCUT2D eigenvalue weighted by molar-refractivity contribution is 5.54. The summed E-state index contributed by atoms with van der Waals surface area (Å²) in [7, 11) is 1.65. The van der Waals surface area contributed by atoms with Gasteiger partial charge in [-0.2, -0.15) is 4.98 Å². The Kier molecular flexibility index (Phi) is 3.86. The molecule has 0 atom stereocenters. The lowest BCUT2D eigenvalue weighted by atomic mass is 10.3. The minimum absolute atomic E-state index is 0.0265. The van der Waals surface area contributed by atoms with Gasteiger partial charge in [0.1, 0.15) is 11.6 Å². The van der Waals surface area contributed by atoms with Crippen LogP contribution in [-0.2, 0) is 6.42 Å². The number of hydrogen-bond donors (Lipinski definition) is 2. The van der Waals surface area contributed by atoms with Gasteiger partial charge in [0, 0.05) is 20.0 Å². The van der Waals surface area contributed by atoms with Crippen molar-refractivity contribution >= 4 is 17.3 Å². The van der Waals surface area contributed by atoms with Crippen molar-refractivity contribution in [1.82, 2.24) is 15.1 Å². The average molecular weight is 264 g/mol. The molecular formula is C10H12N6O3. The van der Waals surface area contributed by atoms with Crippen molar-refractivity contribution in [3.8, 4) is 0 Å². The third-order valence-corrected chi connectivity index (χ3v) is 2.34. The van der Waals surface area contributed by atoms with Gasteiger partial charge in [-0.05, 0) is 0 Å². The molecule has 9 nitrogen and oxygen atoms in total. The lowest BCUT2D eigenvalue weighted by Crippen LogP contribution is -2.08. The van der Waals surface area contributed by atoms with E-state index in [4.69, 9.17) is 0 Å². The van der Waals surface area contributed by atoms with Crippen LogP contribution in [0.15, 0.2) is 23.0 Å². The summed E-state index contributed by atoms with van der Waals surface area (Å²) in [5, 5.41) is 20.2. The fraction of sp³-hybridized carbons (Fsp3) is 0.300. The molecule has 0 amide bonds. The van der Waals surface area contributed by atoms with E-state index in [0.29, 0.717) is 30.4 Å². The van der Waals surface area contributed by atoms with Gasteiger partial charge in [-0.25, -0.2) is 4.98 Å². The maximum absolute atomic E-state index is 10.8. The molecule has 0 spiro atoms. The maximum atomic E-state index is 10.8. The Morgan fingerprint density at radius 3 is 2.84 bits per heavy atom. The van der Waals surface area contributed by atoms with Crippen LogP contribution in [0.4, 0.5) is 17.3 Å². The van der Waals surface area contributed by atoms with Crippen molar-refractivity contribution in [1.29, 1.82) is 0 Å². The quantitative estimate of drug-likeness (QED) is 0.587. The molecule has 2 heterocycles. The summed E-state index contributed by atoms with van der Waals surface area (Å²) in [5.41, 5.74) is -0.0265. The lowest BCUT2D eigenvalue weighted by molar-refractivity contribution is -0.384. The van der Waals surface area contributed by atoms with E-state index in [1.165, 1.54) is 18.5 Å². The maximum Gasteiger partial charge on any atom is 0.276 e. The molecule has 2 aromatic heterocycles. The number of pyridine rings is 1. The van der Waals surface area contributed by atoms with Crippen molar-refractivity contribution in [2.75, 3.05) is 24.2 Å².